The Labute approximate surface area is 126 Å². The molecule has 0 saturated carbocycles. The molecule has 0 unspecified atom stereocenters. The summed E-state index contributed by atoms with van der Waals surface area (Å²) < 4.78 is 26.9. The molecule has 0 fully saturated rings. The van der Waals surface area contributed by atoms with Gasteiger partial charge in [0.15, 0.2) is 0 Å². The molecule has 21 heavy (non-hydrogen) atoms. The van der Waals surface area contributed by atoms with E-state index in [-0.39, 0.29) is 0 Å². The van der Waals surface area contributed by atoms with Crippen LogP contribution in [0.1, 0.15) is 16.7 Å². The molecule has 0 atom stereocenters. The summed E-state index contributed by atoms with van der Waals surface area (Å²) in [5.74, 6) is 0. The smallest absolute Gasteiger partial charge is 0.264 e. The standard InChI is InChI=1S/C16H20N2O2S/c1-12-7-9-15(10-8-12)18(3)21(19,20)16-6-4-5-14(11-17)13(16)2/h4-10H,11,17H2,1-3H3. The molecule has 0 heterocycles. The van der Waals surface area contributed by atoms with Crippen molar-refractivity contribution in [3.05, 3.63) is 59.2 Å². The fourth-order valence-electron chi connectivity index (χ4n) is 2.20. The Balaban J connectivity index is 2.49. The number of benzene rings is 2. The fourth-order valence-corrected chi connectivity index (χ4v) is 3.66. The first-order valence-electron chi connectivity index (χ1n) is 6.72. The summed E-state index contributed by atoms with van der Waals surface area (Å²) in [5.41, 5.74) is 8.93. The van der Waals surface area contributed by atoms with Gasteiger partial charge in [0.05, 0.1) is 10.6 Å². The summed E-state index contributed by atoms with van der Waals surface area (Å²) >= 11 is 0. The monoisotopic (exact) mass is 304 g/mol. The molecule has 2 rings (SSSR count). The summed E-state index contributed by atoms with van der Waals surface area (Å²) in [7, 11) is -2.03. The lowest BCUT2D eigenvalue weighted by molar-refractivity contribution is 0.593. The van der Waals surface area contributed by atoms with E-state index in [2.05, 4.69) is 0 Å². The van der Waals surface area contributed by atoms with Crippen molar-refractivity contribution in [3.8, 4) is 0 Å². The van der Waals surface area contributed by atoms with E-state index in [0.29, 0.717) is 22.7 Å². The van der Waals surface area contributed by atoms with E-state index in [1.165, 1.54) is 4.31 Å². The highest BCUT2D eigenvalue weighted by Gasteiger charge is 2.23. The van der Waals surface area contributed by atoms with Crippen LogP contribution in [0.5, 0.6) is 0 Å². The molecular formula is C16H20N2O2S. The van der Waals surface area contributed by atoms with Gasteiger partial charge < -0.3 is 5.73 Å². The second kappa shape index (κ2) is 5.87. The molecule has 0 radical (unpaired) electrons. The number of hydrogen-bond acceptors (Lipinski definition) is 3. The van der Waals surface area contributed by atoms with E-state index >= 15 is 0 Å². The topological polar surface area (TPSA) is 63.4 Å². The Kier molecular flexibility index (Phi) is 4.34. The van der Waals surface area contributed by atoms with Crippen LogP contribution in [0.4, 0.5) is 5.69 Å². The summed E-state index contributed by atoms with van der Waals surface area (Å²) in [6, 6.07) is 12.6. The van der Waals surface area contributed by atoms with Crippen molar-refractivity contribution in [2.24, 2.45) is 5.73 Å². The molecule has 0 bridgehead atoms. The van der Waals surface area contributed by atoms with Gasteiger partial charge in [-0.2, -0.15) is 0 Å². The summed E-state index contributed by atoms with van der Waals surface area (Å²) in [6.07, 6.45) is 0. The molecule has 112 valence electrons. The van der Waals surface area contributed by atoms with Crippen LogP contribution in [0, 0.1) is 13.8 Å². The molecule has 0 amide bonds. The highest BCUT2D eigenvalue weighted by Crippen LogP contribution is 2.26. The van der Waals surface area contributed by atoms with Crippen LogP contribution in [-0.2, 0) is 16.6 Å². The van der Waals surface area contributed by atoms with Gasteiger partial charge in [0.25, 0.3) is 10.0 Å². The van der Waals surface area contributed by atoms with Gasteiger partial charge in [-0.15, -0.1) is 0 Å². The third kappa shape index (κ3) is 2.94. The molecule has 2 N–H and O–H groups in total. The summed E-state index contributed by atoms with van der Waals surface area (Å²) in [6.45, 7) is 4.08. The van der Waals surface area contributed by atoms with Crippen LogP contribution in [0.25, 0.3) is 0 Å². The van der Waals surface area contributed by atoms with Gasteiger partial charge in [-0.05, 0) is 43.2 Å². The first-order valence-corrected chi connectivity index (χ1v) is 8.16. The lowest BCUT2D eigenvalue weighted by Gasteiger charge is -2.21. The van der Waals surface area contributed by atoms with E-state index in [4.69, 9.17) is 5.73 Å². The van der Waals surface area contributed by atoms with E-state index in [0.717, 1.165) is 11.1 Å². The average molecular weight is 304 g/mol. The SMILES string of the molecule is Cc1ccc(N(C)S(=O)(=O)c2cccc(CN)c2C)cc1. The zero-order valence-corrected chi connectivity index (χ0v) is 13.3. The Morgan fingerprint density at radius 1 is 1.05 bits per heavy atom. The highest BCUT2D eigenvalue weighted by molar-refractivity contribution is 7.92. The van der Waals surface area contributed by atoms with E-state index < -0.39 is 10.0 Å². The maximum atomic E-state index is 12.8. The molecule has 0 aliphatic rings. The zero-order valence-electron chi connectivity index (χ0n) is 12.5. The molecule has 0 saturated heterocycles. The Hall–Kier alpha value is -1.85. The minimum atomic E-state index is -3.59. The van der Waals surface area contributed by atoms with Gasteiger partial charge in [-0.25, -0.2) is 8.42 Å². The van der Waals surface area contributed by atoms with Gasteiger partial charge in [0.1, 0.15) is 0 Å². The van der Waals surface area contributed by atoms with Crippen molar-refractivity contribution < 1.29 is 8.42 Å². The van der Waals surface area contributed by atoms with Crippen LogP contribution < -0.4 is 10.0 Å². The van der Waals surface area contributed by atoms with Crippen LogP contribution in [0.15, 0.2) is 47.4 Å². The Morgan fingerprint density at radius 2 is 1.67 bits per heavy atom. The third-order valence-electron chi connectivity index (χ3n) is 3.65. The van der Waals surface area contributed by atoms with Crippen LogP contribution >= 0.6 is 0 Å². The van der Waals surface area contributed by atoms with Gasteiger partial charge in [0.2, 0.25) is 0 Å². The fraction of sp³-hybridized carbons (Fsp3) is 0.250. The first-order chi connectivity index (χ1) is 9.87. The van der Waals surface area contributed by atoms with Gasteiger partial charge in [-0.3, -0.25) is 4.31 Å². The third-order valence-corrected chi connectivity index (χ3v) is 5.58. The molecule has 0 aromatic heterocycles. The minimum absolute atomic E-state index is 0.300. The Bertz CT molecular complexity index is 737. The van der Waals surface area contributed by atoms with Crippen molar-refractivity contribution in [1.29, 1.82) is 0 Å². The van der Waals surface area contributed by atoms with Crippen LogP contribution in [0.2, 0.25) is 0 Å². The van der Waals surface area contributed by atoms with Crippen molar-refractivity contribution in [2.45, 2.75) is 25.3 Å². The molecule has 2 aromatic rings. The molecule has 5 heteroatoms. The lowest BCUT2D eigenvalue weighted by atomic mass is 10.1. The van der Waals surface area contributed by atoms with Gasteiger partial charge >= 0.3 is 0 Å². The number of nitrogens with zero attached hydrogens (tertiary/aromatic N) is 1. The van der Waals surface area contributed by atoms with E-state index in [9.17, 15) is 8.42 Å². The van der Waals surface area contributed by atoms with Crippen LogP contribution in [0.3, 0.4) is 0 Å². The van der Waals surface area contributed by atoms with Crippen LogP contribution in [-0.4, -0.2) is 15.5 Å². The number of nitrogens with two attached hydrogens (primary N) is 1. The van der Waals surface area contributed by atoms with E-state index in [1.54, 1.807) is 38.2 Å². The predicted octanol–water partition coefficient (Wildman–Crippen LogP) is 2.59. The molecule has 2 aromatic carbocycles. The summed E-state index contributed by atoms with van der Waals surface area (Å²) in [5, 5.41) is 0. The number of aryl methyl sites for hydroxylation is 1. The molecule has 4 nitrogen and oxygen atoms in total. The molecule has 0 spiro atoms. The lowest BCUT2D eigenvalue weighted by Crippen LogP contribution is -2.27. The van der Waals surface area contributed by atoms with Gasteiger partial charge in [-0.1, -0.05) is 29.8 Å². The number of hydrogen-bond donors (Lipinski definition) is 1. The Morgan fingerprint density at radius 3 is 2.24 bits per heavy atom. The number of anilines is 1. The van der Waals surface area contributed by atoms with Crippen molar-refractivity contribution in [1.82, 2.24) is 0 Å². The largest absolute Gasteiger partial charge is 0.326 e. The molecular weight excluding hydrogens is 284 g/mol. The van der Waals surface area contributed by atoms with Crippen molar-refractivity contribution in [2.75, 3.05) is 11.4 Å². The van der Waals surface area contributed by atoms with Crippen molar-refractivity contribution in [3.63, 3.8) is 0 Å². The maximum Gasteiger partial charge on any atom is 0.264 e. The average Bonchev–Trinajstić information content (AvgIpc) is 2.47. The second-order valence-electron chi connectivity index (χ2n) is 5.05. The maximum absolute atomic E-state index is 12.8. The zero-order chi connectivity index (χ0) is 15.6. The first kappa shape index (κ1) is 15.5. The van der Waals surface area contributed by atoms with E-state index in [1.807, 2.05) is 25.1 Å². The minimum Gasteiger partial charge on any atom is -0.326 e. The number of rotatable bonds is 4. The second-order valence-corrected chi connectivity index (χ2v) is 6.99. The molecule has 0 aliphatic heterocycles. The number of sulfonamides is 1. The summed E-state index contributed by atoms with van der Waals surface area (Å²) in [4.78, 5) is 0.300. The van der Waals surface area contributed by atoms with Crippen molar-refractivity contribution >= 4 is 15.7 Å². The molecule has 0 aliphatic carbocycles. The normalized spacial score (nSPS) is 11.4. The predicted molar refractivity (Wildman–Crippen MR) is 85.8 cm³/mol. The quantitative estimate of drug-likeness (QED) is 0.944. The highest BCUT2D eigenvalue weighted by atomic mass is 32.2. The van der Waals surface area contributed by atoms with Gasteiger partial charge in [0, 0.05) is 13.6 Å².